The van der Waals surface area contributed by atoms with E-state index in [-0.39, 0.29) is 29.5 Å². The summed E-state index contributed by atoms with van der Waals surface area (Å²) in [4.78, 5) is 25.3. The summed E-state index contributed by atoms with van der Waals surface area (Å²) in [5, 5.41) is 18.4. The average Bonchev–Trinajstić information content (AvgIpc) is 2.73. The van der Waals surface area contributed by atoms with Crippen LogP contribution in [0.5, 0.6) is 0 Å². The number of fused-ring (bicyclic) bond motifs is 1. The molecule has 0 aromatic heterocycles. The molecule has 2 atom stereocenters. The maximum Gasteiger partial charge on any atom is 0.226 e. The Morgan fingerprint density at radius 2 is 1.90 bits per heavy atom. The van der Waals surface area contributed by atoms with E-state index in [0.29, 0.717) is 31.7 Å². The highest BCUT2D eigenvalue weighted by atomic mass is 16.6. The van der Waals surface area contributed by atoms with Crippen LogP contribution in [0, 0.1) is 10.1 Å². The Morgan fingerprint density at radius 3 is 2.52 bits per heavy atom. The molecule has 1 aromatic carbocycles. The van der Waals surface area contributed by atoms with Crippen LogP contribution in [0.25, 0.3) is 0 Å². The lowest BCUT2D eigenvalue weighted by Gasteiger charge is -2.44. The Balaban J connectivity index is 1.36. The van der Waals surface area contributed by atoms with Crippen molar-refractivity contribution in [2.45, 2.75) is 82.1 Å². The van der Waals surface area contributed by atoms with Gasteiger partial charge in [0.1, 0.15) is 5.54 Å². The first kappa shape index (κ1) is 22.2. The predicted molar refractivity (Wildman–Crippen MR) is 119 cm³/mol. The van der Waals surface area contributed by atoms with Crippen LogP contribution in [0.15, 0.2) is 24.3 Å². The van der Waals surface area contributed by atoms with Gasteiger partial charge in [0, 0.05) is 41.2 Å². The van der Waals surface area contributed by atoms with Gasteiger partial charge in [-0.15, -0.1) is 0 Å². The molecule has 0 radical (unpaired) electrons. The van der Waals surface area contributed by atoms with E-state index >= 15 is 0 Å². The molecule has 0 unspecified atom stereocenters. The number of anilines is 1. The summed E-state index contributed by atoms with van der Waals surface area (Å²) < 4.78 is 5.27. The first-order valence-electron chi connectivity index (χ1n) is 11.5. The number of benzene rings is 1. The normalized spacial score (nSPS) is 29.7. The SMILES string of the molecule is CCC(=O)N1c2ccccc2[C@H](NC2CCC(NC3(C[N+](=O)[O-])COC3)CC2)C[C@@H]1C. The Morgan fingerprint density at radius 1 is 1.23 bits per heavy atom. The fourth-order valence-corrected chi connectivity index (χ4v) is 5.46. The van der Waals surface area contributed by atoms with Crippen molar-refractivity contribution >= 4 is 11.6 Å². The monoisotopic (exact) mass is 430 g/mol. The van der Waals surface area contributed by atoms with E-state index in [1.165, 1.54) is 5.56 Å². The molecule has 2 fully saturated rings. The minimum absolute atomic E-state index is 0.0745. The van der Waals surface area contributed by atoms with Crippen molar-refractivity contribution in [2.75, 3.05) is 24.7 Å². The van der Waals surface area contributed by atoms with Gasteiger partial charge in [-0.3, -0.25) is 20.2 Å². The molecule has 3 aliphatic rings. The molecule has 1 aromatic rings. The number of nitro groups is 1. The number of para-hydroxylation sites is 1. The maximum atomic E-state index is 12.5. The van der Waals surface area contributed by atoms with Gasteiger partial charge in [0.05, 0.1) is 13.2 Å². The van der Waals surface area contributed by atoms with Crippen molar-refractivity contribution in [3.63, 3.8) is 0 Å². The quantitative estimate of drug-likeness (QED) is 0.510. The highest BCUT2D eigenvalue weighted by molar-refractivity contribution is 5.95. The lowest BCUT2D eigenvalue weighted by Crippen LogP contribution is -2.67. The van der Waals surface area contributed by atoms with Gasteiger partial charge in [-0.1, -0.05) is 25.1 Å². The fourth-order valence-electron chi connectivity index (χ4n) is 5.46. The third-order valence-corrected chi connectivity index (χ3v) is 7.02. The zero-order chi connectivity index (χ0) is 22.0. The van der Waals surface area contributed by atoms with E-state index in [2.05, 4.69) is 29.7 Å². The van der Waals surface area contributed by atoms with Crippen molar-refractivity contribution in [3.8, 4) is 0 Å². The number of nitrogens with zero attached hydrogens (tertiary/aromatic N) is 2. The second-order valence-electron chi connectivity index (χ2n) is 9.44. The molecule has 2 N–H and O–H groups in total. The van der Waals surface area contributed by atoms with E-state index < -0.39 is 5.54 Å². The summed E-state index contributed by atoms with van der Waals surface area (Å²) in [6.45, 7) is 4.83. The fraction of sp³-hybridized carbons (Fsp3) is 0.696. The zero-order valence-corrected chi connectivity index (χ0v) is 18.5. The molecule has 1 amide bonds. The summed E-state index contributed by atoms with van der Waals surface area (Å²) in [6, 6.07) is 9.38. The molecule has 8 nitrogen and oxygen atoms in total. The third kappa shape index (κ3) is 4.76. The first-order valence-corrected chi connectivity index (χ1v) is 11.5. The van der Waals surface area contributed by atoms with Gasteiger partial charge in [0.15, 0.2) is 0 Å². The van der Waals surface area contributed by atoms with Crippen LogP contribution in [0.4, 0.5) is 5.69 Å². The lowest BCUT2D eigenvalue weighted by atomic mass is 9.85. The first-order chi connectivity index (χ1) is 14.9. The number of nitrogens with one attached hydrogen (secondary N) is 2. The smallest absolute Gasteiger partial charge is 0.226 e. The summed E-state index contributed by atoms with van der Waals surface area (Å²) in [5.41, 5.74) is 1.76. The van der Waals surface area contributed by atoms with Crippen molar-refractivity contribution in [2.24, 2.45) is 0 Å². The van der Waals surface area contributed by atoms with Crippen molar-refractivity contribution in [1.29, 1.82) is 0 Å². The molecule has 1 saturated heterocycles. The molecule has 170 valence electrons. The van der Waals surface area contributed by atoms with Gasteiger partial charge < -0.3 is 15.0 Å². The second-order valence-corrected chi connectivity index (χ2v) is 9.44. The molecule has 4 rings (SSSR count). The van der Waals surface area contributed by atoms with Crippen molar-refractivity contribution < 1.29 is 14.5 Å². The Bertz CT molecular complexity index is 805. The number of amides is 1. The number of rotatable bonds is 7. The molecular formula is C23H34N4O4. The van der Waals surface area contributed by atoms with Crippen LogP contribution in [-0.4, -0.2) is 54.3 Å². The van der Waals surface area contributed by atoms with Crippen LogP contribution in [-0.2, 0) is 9.53 Å². The van der Waals surface area contributed by atoms with Crippen LogP contribution in [0.2, 0.25) is 0 Å². The standard InChI is InChI=1S/C23H34N4O4/c1-3-22(28)27-16(2)12-20(19-6-4-5-7-21(19)27)24-17-8-10-18(11-9-17)25-23(13-26(29)30)14-31-15-23/h4-7,16-18,20,24-25H,3,8-15H2,1-2H3/t16-,17?,18?,20+/m0/s1. The Hall–Kier alpha value is -2.03. The van der Waals surface area contributed by atoms with E-state index in [1.807, 2.05) is 24.0 Å². The number of carbonyl (C=O) groups excluding carboxylic acids is 1. The number of carbonyl (C=O) groups is 1. The lowest BCUT2D eigenvalue weighted by molar-refractivity contribution is -0.499. The van der Waals surface area contributed by atoms with Crippen LogP contribution in [0.1, 0.15) is 64.0 Å². The molecular weight excluding hydrogens is 396 g/mol. The number of hydrogen-bond donors (Lipinski definition) is 2. The van der Waals surface area contributed by atoms with E-state index in [0.717, 1.165) is 37.8 Å². The minimum atomic E-state index is -0.485. The molecule has 1 saturated carbocycles. The minimum Gasteiger partial charge on any atom is -0.377 e. The van der Waals surface area contributed by atoms with Gasteiger partial charge in [-0.05, 0) is 50.7 Å². The molecule has 1 aliphatic carbocycles. The van der Waals surface area contributed by atoms with Gasteiger partial charge in [0.25, 0.3) is 0 Å². The van der Waals surface area contributed by atoms with Crippen LogP contribution >= 0.6 is 0 Å². The van der Waals surface area contributed by atoms with E-state index in [1.54, 1.807) is 0 Å². The molecule has 2 aliphatic heterocycles. The van der Waals surface area contributed by atoms with E-state index in [4.69, 9.17) is 4.74 Å². The largest absolute Gasteiger partial charge is 0.377 e. The maximum absolute atomic E-state index is 12.5. The molecule has 2 heterocycles. The molecule has 31 heavy (non-hydrogen) atoms. The van der Waals surface area contributed by atoms with E-state index in [9.17, 15) is 14.9 Å². The van der Waals surface area contributed by atoms with Gasteiger partial charge >= 0.3 is 0 Å². The summed E-state index contributed by atoms with van der Waals surface area (Å²) >= 11 is 0. The topological polar surface area (TPSA) is 96.7 Å². The van der Waals surface area contributed by atoms with Crippen LogP contribution in [0.3, 0.4) is 0 Å². The molecule has 0 bridgehead atoms. The van der Waals surface area contributed by atoms with Gasteiger partial charge in [-0.25, -0.2) is 0 Å². The van der Waals surface area contributed by atoms with Crippen molar-refractivity contribution in [1.82, 2.24) is 10.6 Å². The van der Waals surface area contributed by atoms with Crippen molar-refractivity contribution in [3.05, 3.63) is 39.9 Å². The Labute approximate surface area is 183 Å². The van der Waals surface area contributed by atoms with Gasteiger partial charge in [0.2, 0.25) is 12.5 Å². The highest BCUT2D eigenvalue weighted by Crippen LogP contribution is 2.38. The Kier molecular flexibility index (Phi) is 6.60. The molecule has 8 heteroatoms. The average molecular weight is 431 g/mol. The number of ether oxygens (including phenoxy) is 1. The third-order valence-electron chi connectivity index (χ3n) is 7.02. The second kappa shape index (κ2) is 9.22. The summed E-state index contributed by atoms with van der Waals surface area (Å²) in [6.07, 6.45) is 5.50. The summed E-state index contributed by atoms with van der Waals surface area (Å²) in [7, 11) is 0. The number of hydrogen-bond acceptors (Lipinski definition) is 6. The zero-order valence-electron chi connectivity index (χ0n) is 18.5. The van der Waals surface area contributed by atoms with Gasteiger partial charge in [-0.2, -0.15) is 0 Å². The molecule has 0 spiro atoms. The van der Waals surface area contributed by atoms with Crippen LogP contribution < -0.4 is 15.5 Å². The summed E-state index contributed by atoms with van der Waals surface area (Å²) in [5.74, 6) is 0.175. The predicted octanol–water partition coefficient (Wildman–Crippen LogP) is 2.80. The highest BCUT2D eigenvalue weighted by Gasteiger charge is 2.45.